The third-order valence-corrected chi connectivity index (χ3v) is 4.44. The molecule has 1 heterocycles. The van der Waals surface area contributed by atoms with Crippen molar-refractivity contribution in [1.29, 1.82) is 0 Å². The first-order valence-corrected chi connectivity index (χ1v) is 8.80. The van der Waals surface area contributed by atoms with E-state index in [1.807, 2.05) is 0 Å². The molecule has 0 aromatic heterocycles. The van der Waals surface area contributed by atoms with Crippen molar-refractivity contribution in [2.45, 2.75) is 18.7 Å². The Morgan fingerprint density at radius 3 is 2.45 bits per heavy atom. The van der Waals surface area contributed by atoms with Crippen LogP contribution in [-0.4, -0.2) is 58.9 Å². The Balaban J connectivity index is 2.20. The van der Waals surface area contributed by atoms with E-state index in [9.17, 15) is 32.3 Å². The predicted octanol–water partition coefficient (Wildman–Crippen LogP) is 2.84. The molecular formula is C16H14Cl2F3N3O5. The summed E-state index contributed by atoms with van der Waals surface area (Å²) in [6.07, 6.45) is -4.35. The number of hydrogen-bond acceptors (Lipinski definition) is 5. The molecule has 0 aliphatic carbocycles. The largest absolute Gasteiger partial charge is 0.444 e. The van der Waals surface area contributed by atoms with E-state index >= 15 is 0 Å². The van der Waals surface area contributed by atoms with E-state index < -0.39 is 52.2 Å². The summed E-state index contributed by atoms with van der Waals surface area (Å²) in [6.45, 7) is 1.44. The standard InChI is InChI=1S/C16H14Cl2F3N3O5/c1-3-24-13(27)10(12(26)23(2)15(24)28)11(25)22-7-4-5-9(8(17)6-7)29-16(20,21)14(18)19/h4-6,10,14H,3H2,1-2H3,(H,22,25). The lowest BCUT2D eigenvalue weighted by molar-refractivity contribution is -0.199. The number of nitrogens with one attached hydrogen (secondary N) is 1. The van der Waals surface area contributed by atoms with Crippen molar-refractivity contribution in [1.82, 2.24) is 9.80 Å². The van der Waals surface area contributed by atoms with Gasteiger partial charge in [0.1, 0.15) is 5.75 Å². The molecule has 2 atom stereocenters. The lowest BCUT2D eigenvalue weighted by Crippen LogP contribution is -2.60. The summed E-state index contributed by atoms with van der Waals surface area (Å²) in [5.41, 5.74) is -3.19. The highest BCUT2D eigenvalue weighted by molar-refractivity contribution is 6.32. The van der Waals surface area contributed by atoms with E-state index in [2.05, 4.69) is 10.1 Å². The van der Waals surface area contributed by atoms with Gasteiger partial charge in [0, 0.05) is 19.3 Å². The molecule has 2 rings (SSSR count). The van der Waals surface area contributed by atoms with Crippen LogP contribution in [0.2, 0.25) is 5.02 Å². The number of hydrogen-bond donors (Lipinski definition) is 1. The van der Waals surface area contributed by atoms with Crippen LogP contribution >= 0.6 is 23.2 Å². The quantitative estimate of drug-likeness (QED) is 0.525. The molecule has 1 saturated heterocycles. The SMILES string of the molecule is CCN1C(=O)C(C(=O)Nc2ccc(OC(F)(F)C(F)Cl)c(Cl)c2)C(=O)N(C)C1=O. The van der Waals surface area contributed by atoms with E-state index in [0.29, 0.717) is 4.90 Å². The van der Waals surface area contributed by atoms with Crippen molar-refractivity contribution in [3.8, 4) is 5.75 Å². The first-order valence-electron chi connectivity index (χ1n) is 7.99. The van der Waals surface area contributed by atoms with Crippen LogP contribution in [0.3, 0.4) is 0 Å². The monoisotopic (exact) mass is 455 g/mol. The zero-order chi connectivity index (χ0) is 22.1. The van der Waals surface area contributed by atoms with Crippen LogP contribution in [0.1, 0.15) is 6.92 Å². The van der Waals surface area contributed by atoms with Crippen molar-refractivity contribution in [2.75, 3.05) is 18.9 Å². The molecular weight excluding hydrogens is 442 g/mol. The molecule has 0 bridgehead atoms. The molecule has 1 N–H and O–H groups in total. The highest BCUT2D eigenvalue weighted by Crippen LogP contribution is 2.34. The Morgan fingerprint density at radius 2 is 1.93 bits per heavy atom. The number of imide groups is 2. The number of urea groups is 1. The number of barbiturate groups is 1. The van der Waals surface area contributed by atoms with E-state index in [4.69, 9.17) is 23.2 Å². The summed E-state index contributed by atoms with van der Waals surface area (Å²) >= 11 is 10.5. The average Bonchev–Trinajstić information content (AvgIpc) is 2.62. The van der Waals surface area contributed by atoms with Crippen LogP contribution in [0.5, 0.6) is 5.75 Å². The third kappa shape index (κ3) is 4.56. The van der Waals surface area contributed by atoms with Gasteiger partial charge in [0.15, 0.2) is 5.92 Å². The van der Waals surface area contributed by atoms with E-state index in [-0.39, 0.29) is 12.2 Å². The fraction of sp³-hybridized carbons (Fsp3) is 0.375. The van der Waals surface area contributed by atoms with Gasteiger partial charge in [0.25, 0.3) is 17.4 Å². The van der Waals surface area contributed by atoms with Gasteiger partial charge < -0.3 is 10.1 Å². The number of alkyl halides is 4. The number of halogens is 5. The molecule has 5 amide bonds. The number of amides is 5. The molecule has 29 heavy (non-hydrogen) atoms. The molecule has 2 unspecified atom stereocenters. The van der Waals surface area contributed by atoms with Gasteiger partial charge >= 0.3 is 12.1 Å². The van der Waals surface area contributed by atoms with Crippen LogP contribution < -0.4 is 10.1 Å². The van der Waals surface area contributed by atoms with Gasteiger partial charge in [0.2, 0.25) is 5.91 Å². The molecule has 1 aliphatic rings. The second-order valence-corrected chi connectivity index (χ2v) is 6.58. The number of anilines is 1. The second-order valence-electron chi connectivity index (χ2n) is 5.79. The van der Waals surface area contributed by atoms with Crippen molar-refractivity contribution < 1.29 is 37.1 Å². The Morgan fingerprint density at radius 1 is 1.31 bits per heavy atom. The molecule has 1 aliphatic heterocycles. The normalized spacial score (nSPS) is 18.7. The summed E-state index contributed by atoms with van der Waals surface area (Å²) in [5, 5.41) is 1.81. The van der Waals surface area contributed by atoms with Crippen LogP contribution in [-0.2, 0) is 14.4 Å². The zero-order valence-corrected chi connectivity index (χ0v) is 16.4. The summed E-state index contributed by atoms with van der Waals surface area (Å²) in [6, 6.07) is 2.10. The number of carbonyl (C=O) groups excluding carboxylic acids is 4. The minimum Gasteiger partial charge on any atom is -0.428 e. The molecule has 8 nitrogen and oxygen atoms in total. The molecule has 0 radical (unpaired) electrons. The summed E-state index contributed by atoms with van der Waals surface area (Å²) < 4.78 is 43.2. The Hall–Kier alpha value is -2.53. The van der Waals surface area contributed by atoms with Crippen molar-refractivity contribution >= 4 is 52.6 Å². The average molecular weight is 456 g/mol. The summed E-state index contributed by atoms with van der Waals surface area (Å²) in [7, 11) is 1.12. The van der Waals surface area contributed by atoms with Gasteiger partial charge in [-0.2, -0.15) is 8.78 Å². The Bertz CT molecular complexity index is 868. The van der Waals surface area contributed by atoms with Gasteiger partial charge in [-0.3, -0.25) is 24.2 Å². The maximum Gasteiger partial charge on any atom is 0.444 e. The lowest BCUT2D eigenvalue weighted by atomic mass is 10.0. The minimum absolute atomic E-state index is 0.0543. The first kappa shape index (κ1) is 22.8. The van der Waals surface area contributed by atoms with E-state index in [1.54, 1.807) is 0 Å². The number of nitrogens with zero attached hydrogens (tertiary/aromatic N) is 2. The van der Waals surface area contributed by atoms with E-state index in [1.165, 1.54) is 6.92 Å². The molecule has 158 valence electrons. The molecule has 0 spiro atoms. The number of ether oxygens (including phenoxy) is 1. The van der Waals surface area contributed by atoms with Crippen LogP contribution in [0.25, 0.3) is 0 Å². The van der Waals surface area contributed by atoms with Crippen molar-refractivity contribution in [2.24, 2.45) is 5.92 Å². The molecule has 1 aromatic rings. The highest BCUT2D eigenvalue weighted by Gasteiger charge is 2.47. The van der Waals surface area contributed by atoms with Crippen molar-refractivity contribution in [3.05, 3.63) is 23.2 Å². The lowest BCUT2D eigenvalue weighted by Gasteiger charge is -2.33. The number of rotatable bonds is 6. The molecule has 1 aromatic carbocycles. The van der Waals surface area contributed by atoms with Crippen LogP contribution in [0.15, 0.2) is 18.2 Å². The van der Waals surface area contributed by atoms with E-state index in [0.717, 1.165) is 30.1 Å². The second kappa shape index (κ2) is 8.46. The number of benzene rings is 1. The van der Waals surface area contributed by atoms with Gasteiger partial charge in [-0.1, -0.05) is 23.2 Å². The maximum atomic E-state index is 13.2. The van der Waals surface area contributed by atoms with Gasteiger partial charge in [0.05, 0.1) is 5.02 Å². The Labute approximate surface area is 172 Å². The Kier molecular flexibility index (Phi) is 6.63. The molecule has 13 heteroatoms. The highest BCUT2D eigenvalue weighted by atomic mass is 35.5. The van der Waals surface area contributed by atoms with Gasteiger partial charge in [-0.25, -0.2) is 9.18 Å². The zero-order valence-electron chi connectivity index (χ0n) is 14.9. The molecule has 1 fully saturated rings. The van der Waals surface area contributed by atoms with Crippen molar-refractivity contribution in [3.63, 3.8) is 0 Å². The maximum absolute atomic E-state index is 13.2. The van der Waals surface area contributed by atoms with Gasteiger partial charge in [-0.05, 0) is 25.1 Å². The summed E-state index contributed by atoms with van der Waals surface area (Å²) in [4.78, 5) is 50.2. The summed E-state index contributed by atoms with van der Waals surface area (Å²) in [5.74, 6) is -5.52. The van der Waals surface area contributed by atoms with Crippen LogP contribution in [0, 0.1) is 5.92 Å². The fourth-order valence-corrected chi connectivity index (χ4v) is 2.67. The topological polar surface area (TPSA) is 96.0 Å². The minimum atomic E-state index is -4.35. The fourth-order valence-electron chi connectivity index (χ4n) is 2.41. The van der Waals surface area contributed by atoms with Crippen LogP contribution in [0.4, 0.5) is 23.7 Å². The number of carbonyl (C=O) groups is 4. The predicted molar refractivity (Wildman–Crippen MR) is 95.4 cm³/mol. The van der Waals surface area contributed by atoms with Gasteiger partial charge in [-0.15, -0.1) is 0 Å². The first-order chi connectivity index (χ1) is 13.4. The molecule has 0 saturated carbocycles. The smallest absolute Gasteiger partial charge is 0.428 e. The third-order valence-electron chi connectivity index (χ3n) is 3.89.